The third-order valence-corrected chi connectivity index (χ3v) is 5.88. The molecule has 3 aliphatic rings. The number of dihydropyridines is 1. The lowest BCUT2D eigenvalue weighted by Gasteiger charge is -2.28. The first-order chi connectivity index (χ1) is 15.7. The highest BCUT2D eigenvalue weighted by Gasteiger charge is 2.26. The number of amides is 2. The van der Waals surface area contributed by atoms with Gasteiger partial charge in [-0.2, -0.15) is 0 Å². The summed E-state index contributed by atoms with van der Waals surface area (Å²) in [5.74, 6) is -0.619. The van der Waals surface area contributed by atoms with Crippen LogP contribution in [0.15, 0.2) is 83.4 Å². The van der Waals surface area contributed by atoms with Gasteiger partial charge in [0.25, 0.3) is 11.8 Å². The molecule has 1 fully saturated rings. The van der Waals surface area contributed by atoms with Crippen LogP contribution in [0.4, 0.5) is 11.4 Å². The highest BCUT2D eigenvalue weighted by Crippen LogP contribution is 2.31. The Hall–Kier alpha value is -3.77. The molecule has 6 nitrogen and oxygen atoms in total. The minimum atomic E-state index is -0.320. The van der Waals surface area contributed by atoms with Crippen molar-refractivity contribution in [3.63, 3.8) is 0 Å². The van der Waals surface area contributed by atoms with Crippen molar-refractivity contribution < 1.29 is 14.3 Å². The Morgan fingerprint density at radius 3 is 2.50 bits per heavy atom. The smallest absolute Gasteiger partial charge is 0.257 e. The van der Waals surface area contributed by atoms with Crippen molar-refractivity contribution in [3.8, 4) is 0 Å². The largest absolute Gasteiger partial charge is 0.378 e. The molecular formula is C26H23N3O3. The van der Waals surface area contributed by atoms with Crippen LogP contribution in [0.25, 0.3) is 5.57 Å². The van der Waals surface area contributed by atoms with Crippen molar-refractivity contribution in [3.05, 3.63) is 89.5 Å². The summed E-state index contributed by atoms with van der Waals surface area (Å²) in [5.41, 5.74) is 5.24. The number of allylic oxidation sites excluding steroid dienone is 4. The summed E-state index contributed by atoms with van der Waals surface area (Å²) < 4.78 is 5.39. The molecule has 0 bridgehead atoms. The second kappa shape index (κ2) is 8.77. The Morgan fingerprint density at radius 1 is 1.00 bits per heavy atom. The van der Waals surface area contributed by atoms with E-state index in [4.69, 9.17) is 4.74 Å². The first kappa shape index (κ1) is 20.2. The molecular weight excluding hydrogens is 402 g/mol. The summed E-state index contributed by atoms with van der Waals surface area (Å²) >= 11 is 0. The molecule has 160 valence electrons. The van der Waals surface area contributed by atoms with Gasteiger partial charge in [-0.05, 0) is 47.5 Å². The van der Waals surface area contributed by atoms with Gasteiger partial charge in [0, 0.05) is 41.8 Å². The van der Waals surface area contributed by atoms with Crippen LogP contribution in [0.2, 0.25) is 0 Å². The molecule has 2 aliphatic heterocycles. The maximum absolute atomic E-state index is 12.7. The van der Waals surface area contributed by atoms with Gasteiger partial charge in [0.15, 0.2) is 0 Å². The summed E-state index contributed by atoms with van der Waals surface area (Å²) in [5, 5.41) is 2.95. The maximum atomic E-state index is 12.7. The number of hydrogen-bond acceptors (Lipinski definition) is 4. The average Bonchev–Trinajstić information content (AvgIpc) is 2.86. The molecule has 1 N–H and O–H groups in total. The fourth-order valence-electron chi connectivity index (χ4n) is 4.12. The Morgan fingerprint density at radius 2 is 1.75 bits per heavy atom. The minimum Gasteiger partial charge on any atom is -0.378 e. The fraction of sp³-hybridized carbons (Fsp3) is 0.192. The topological polar surface area (TPSA) is 71.0 Å². The van der Waals surface area contributed by atoms with Crippen LogP contribution in [-0.4, -0.2) is 44.3 Å². The van der Waals surface area contributed by atoms with Gasteiger partial charge in [-0.1, -0.05) is 36.4 Å². The van der Waals surface area contributed by atoms with Gasteiger partial charge in [-0.3, -0.25) is 9.59 Å². The second-order valence-corrected chi connectivity index (χ2v) is 7.86. The zero-order valence-electron chi connectivity index (χ0n) is 17.5. The third kappa shape index (κ3) is 4.05. The van der Waals surface area contributed by atoms with E-state index in [1.54, 1.807) is 6.21 Å². The van der Waals surface area contributed by atoms with Crippen molar-refractivity contribution in [1.29, 1.82) is 0 Å². The number of rotatable bonds is 4. The molecule has 32 heavy (non-hydrogen) atoms. The number of benzene rings is 2. The van der Waals surface area contributed by atoms with Crippen molar-refractivity contribution in [1.82, 2.24) is 0 Å². The SMILES string of the molecule is O=C(Nc1ccc(C2=C3C=CC=CC3C(=O)N=C2)cc1)c1ccc(N2CCOCC2)cc1. The Balaban J connectivity index is 1.28. The fourth-order valence-corrected chi connectivity index (χ4v) is 4.12. The highest BCUT2D eigenvalue weighted by molar-refractivity contribution is 6.19. The lowest BCUT2D eigenvalue weighted by molar-refractivity contribution is -0.119. The molecule has 2 amide bonds. The minimum absolute atomic E-state index is 0.145. The first-order valence-electron chi connectivity index (χ1n) is 10.7. The Kier molecular flexibility index (Phi) is 5.52. The quantitative estimate of drug-likeness (QED) is 0.807. The number of nitrogens with one attached hydrogen (secondary N) is 1. The van der Waals surface area contributed by atoms with Gasteiger partial charge in [0.2, 0.25) is 0 Å². The van der Waals surface area contributed by atoms with E-state index in [9.17, 15) is 9.59 Å². The molecule has 2 aromatic carbocycles. The van der Waals surface area contributed by atoms with Crippen molar-refractivity contribution in [2.75, 3.05) is 36.5 Å². The standard InChI is InChI=1S/C26H23N3O3/c30-25(19-7-11-21(12-8-19)29-13-15-32-16-14-29)28-20-9-5-18(6-10-20)24-17-27-26(31)23-4-2-1-3-22(23)24/h1-12,17,23H,13-16H2,(H,28,30). The van der Waals surface area contributed by atoms with E-state index in [1.807, 2.05) is 72.8 Å². The molecule has 0 radical (unpaired) electrons. The van der Waals surface area contributed by atoms with Crippen LogP contribution in [0.1, 0.15) is 15.9 Å². The molecule has 6 heteroatoms. The lowest BCUT2D eigenvalue weighted by atomic mass is 9.85. The van der Waals surface area contributed by atoms with Crippen LogP contribution in [0, 0.1) is 5.92 Å². The molecule has 0 saturated carbocycles. The number of ether oxygens (including phenoxy) is 1. The number of morpholine rings is 1. The lowest BCUT2D eigenvalue weighted by Crippen LogP contribution is -2.36. The van der Waals surface area contributed by atoms with Crippen LogP contribution in [0.5, 0.6) is 0 Å². The van der Waals surface area contributed by atoms with E-state index in [0.717, 1.165) is 48.7 Å². The van der Waals surface area contributed by atoms with Gasteiger partial charge in [0.05, 0.1) is 19.1 Å². The summed E-state index contributed by atoms with van der Waals surface area (Å²) in [7, 11) is 0. The zero-order chi connectivity index (χ0) is 21.9. The van der Waals surface area contributed by atoms with Crippen LogP contribution in [0.3, 0.4) is 0 Å². The number of fused-ring (bicyclic) bond motifs is 1. The van der Waals surface area contributed by atoms with E-state index in [-0.39, 0.29) is 17.7 Å². The predicted molar refractivity (Wildman–Crippen MR) is 126 cm³/mol. The highest BCUT2D eigenvalue weighted by atomic mass is 16.5. The average molecular weight is 425 g/mol. The number of hydrogen-bond donors (Lipinski definition) is 1. The van der Waals surface area contributed by atoms with Crippen LogP contribution in [-0.2, 0) is 9.53 Å². The maximum Gasteiger partial charge on any atom is 0.257 e. The van der Waals surface area contributed by atoms with E-state index in [1.165, 1.54) is 0 Å². The number of aliphatic imine (C=N–C) groups is 1. The van der Waals surface area contributed by atoms with Crippen molar-refractivity contribution in [2.45, 2.75) is 0 Å². The monoisotopic (exact) mass is 425 g/mol. The second-order valence-electron chi connectivity index (χ2n) is 7.86. The van der Waals surface area contributed by atoms with Crippen LogP contribution < -0.4 is 10.2 Å². The molecule has 1 aliphatic carbocycles. The van der Waals surface area contributed by atoms with Gasteiger partial charge in [0.1, 0.15) is 0 Å². The van der Waals surface area contributed by atoms with E-state index in [2.05, 4.69) is 15.2 Å². The van der Waals surface area contributed by atoms with E-state index >= 15 is 0 Å². The Bertz CT molecular complexity index is 1150. The van der Waals surface area contributed by atoms with Gasteiger partial charge in [-0.25, -0.2) is 4.99 Å². The summed E-state index contributed by atoms with van der Waals surface area (Å²) in [4.78, 5) is 31.0. The van der Waals surface area contributed by atoms with E-state index < -0.39 is 0 Å². The van der Waals surface area contributed by atoms with Gasteiger partial charge >= 0.3 is 0 Å². The van der Waals surface area contributed by atoms with Crippen molar-refractivity contribution >= 4 is 35.0 Å². The number of nitrogens with zero attached hydrogens (tertiary/aromatic N) is 2. The third-order valence-electron chi connectivity index (χ3n) is 5.88. The zero-order valence-corrected chi connectivity index (χ0v) is 17.5. The molecule has 0 aromatic heterocycles. The predicted octanol–water partition coefficient (Wildman–Crippen LogP) is 3.88. The normalized spacial score (nSPS) is 19.8. The van der Waals surface area contributed by atoms with Crippen molar-refractivity contribution in [2.24, 2.45) is 10.9 Å². The Labute approximate surface area is 186 Å². The molecule has 2 aromatic rings. The van der Waals surface area contributed by atoms with E-state index in [0.29, 0.717) is 11.3 Å². The van der Waals surface area contributed by atoms with Crippen LogP contribution >= 0.6 is 0 Å². The summed E-state index contributed by atoms with van der Waals surface area (Å²) in [6.45, 7) is 3.18. The van der Waals surface area contributed by atoms with Gasteiger partial charge in [-0.15, -0.1) is 0 Å². The summed E-state index contributed by atoms with van der Waals surface area (Å²) in [6, 6.07) is 15.2. The number of carbonyl (C=O) groups is 2. The number of anilines is 2. The molecule has 1 atom stereocenters. The first-order valence-corrected chi connectivity index (χ1v) is 10.7. The molecule has 1 unspecified atom stereocenters. The molecule has 1 saturated heterocycles. The summed E-state index contributed by atoms with van der Waals surface area (Å²) in [6.07, 6.45) is 9.25. The number of carbonyl (C=O) groups excluding carboxylic acids is 2. The molecule has 5 rings (SSSR count). The van der Waals surface area contributed by atoms with Gasteiger partial charge < -0.3 is 15.0 Å². The molecule has 2 heterocycles. The molecule has 0 spiro atoms.